The number of nitrogens with zero attached hydrogens (tertiary/aromatic N) is 1. The van der Waals surface area contributed by atoms with E-state index in [0.29, 0.717) is 17.0 Å². The maximum atomic E-state index is 15.3. The van der Waals surface area contributed by atoms with Crippen LogP contribution in [0.1, 0.15) is 48.7 Å². The standard InChI is InChI=1S/C30H30ClFN2O6S/c1-30(2,3)40-29(37)33-24-18-41(38,39)27-16-23(32)22(26(35)14-11-19-7-5-4-6-8-19)15-25(27)34(28(24)36)17-20-9-12-21(31)13-10-20/h4-10,12-13,15-16,24H,11,14,17-18H2,1-3H3,(H,33,37)/t24-/m0/s1. The molecule has 11 heteroatoms. The second-order valence-electron chi connectivity index (χ2n) is 10.7. The van der Waals surface area contributed by atoms with E-state index in [2.05, 4.69) is 5.32 Å². The fourth-order valence-corrected chi connectivity index (χ4v) is 6.17. The molecular formula is C30H30ClFN2O6S. The Hall–Kier alpha value is -3.76. The Morgan fingerprint density at radius 2 is 1.71 bits per heavy atom. The number of sulfone groups is 1. The van der Waals surface area contributed by atoms with E-state index in [9.17, 15) is 22.8 Å². The van der Waals surface area contributed by atoms with E-state index < -0.39 is 55.7 Å². The van der Waals surface area contributed by atoms with Crippen LogP contribution in [0.4, 0.5) is 14.9 Å². The van der Waals surface area contributed by atoms with Gasteiger partial charge in [0.15, 0.2) is 15.6 Å². The molecule has 0 unspecified atom stereocenters. The third-order valence-corrected chi connectivity index (χ3v) is 8.37. The van der Waals surface area contributed by atoms with Crippen LogP contribution in [0.25, 0.3) is 0 Å². The second-order valence-corrected chi connectivity index (χ2v) is 13.2. The van der Waals surface area contributed by atoms with E-state index in [1.807, 2.05) is 30.3 Å². The molecule has 1 aliphatic heterocycles. The van der Waals surface area contributed by atoms with Crippen LogP contribution in [0, 0.1) is 5.82 Å². The molecule has 2 amide bonds. The van der Waals surface area contributed by atoms with Crippen molar-refractivity contribution in [2.75, 3.05) is 10.7 Å². The number of carbonyl (C=O) groups is 3. The molecule has 0 aliphatic carbocycles. The monoisotopic (exact) mass is 600 g/mol. The molecule has 4 rings (SSSR count). The number of ether oxygens (including phenoxy) is 1. The summed E-state index contributed by atoms with van der Waals surface area (Å²) < 4.78 is 47.5. The lowest BCUT2D eigenvalue weighted by Crippen LogP contribution is -2.51. The average Bonchev–Trinajstić information content (AvgIpc) is 2.96. The molecule has 1 heterocycles. The minimum absolute atomic E-state index is 0.0274. The maximum absolute atomic E-state index is 15.3. The van der Waals surface area contributed by atoms with Gasteiger partial charge in [0.05, 0.1) is 28.4 Å². The lowest BCUT2D eigenvalue weighted by molar-refractivity contribution is -0.120. The predicted octanol–water partition coefficient (Wildman–Crippen LogP) is 5.51. The summed E-state index contributed by atoms with van der Waals surface area (Å²) in [6.45, 7) is 4.74. The highest BCUT2D eigenvalue weighted by Crippen LogP contribution is 2.35. The number of alkyl carbamates (subject to hydrolysis) is 1. The van der Waals surface area contributed by atoms with E-state index in [4.69, 9.17) is 16.3 Å². The smallest absolute Gasteiger partial charge is 0.408 e. The van der Waals surface area contributed by atoms with Crippen molar-refractivity contribution in [3.05, 3.63) is 94.3 Å². The van der Waals surface area contributed by atoms with Gasteiger partial charge in [0.1, 0.15) is 17.5 Å². The minimum atomic E-state index is -4.31. The van der Waals surface area contributed by atoms with Crippen molar-refractivity contribution >= 4 is 44.9 Å². The first-order valence-electron chi connectivity index (χ1n) is 12.9. The number of carbonyl (C=O) groups excluding carboxylic acids is 3. The fraction of sp³-hybridized carbons (Fsp3) is 0.300. The van der Waals surface area contributed by atoms with Gasteiger partial charge in [0, 0.05) is 11.4 Å². The number of Topliss-reactive ketones (excluding diaryl/α,β-unsaturated/α-hetero) is 1. The molecule has 0 radical (unpaired) electrons. The fourth-order valence-electron chi connectivity index (χ4n) is 4.43. The van der Waals surface area contributed by atoms with E-state index in [1.54, 1.807) is 45.0 Å². The highest BCUT2D eigenvalue weighted by Gasteiger charge is 2.40. The van der Waals surface area contributed by atoms with Gasteiger partial charge in [-0.2, -0.15) is 0 Å². The van der Waals surface area contributed by atoms with Gasteiger partial charge in [0.2, 0.25) is 0 Å². The number of hydrogen-bond acceptors (Lipinski definition) is 6. The number of anilines is 1. The van der Waals surface area contributed by atoms with Gasteiger partial charge in [-0.3, -0.25) is 9.59 Å². The molecule has 0 saturated heterocycles. The van der Waals surface area contributed by atoms with E-state index >= 15 is 4.39 Å². The number of ketones is 1. The number of hydrogen-bond donors (Lipinski definition) is 1. The summed E-state index contributed by atoms with van der Waals surface area (Å²) in [5.74, 6) is -3.14. The zero-order valence-electron chi connectivity index (χ0n) is 22.8. The molecule has 0 saturated carbocycles. The summed E-state index contributed by atoms with van der Waals surface area (Å²) in [6, 6.07) is 16.1. The lowest BCUT2D eigenvalue weighted by Gasteiger charge is -2.27. The Morgan fingerprint density at radius 1 is 1.05 bits per heavy atom. The molecule has 0 aromatic heterocycles. The SMILES string of the molecule is CC(C)(C)OC(=O)N[C@H]1CS(=O)(=O)c2cc(F)c(C(=O)CCc3ccccc3)cc2N(Cc2ccc(Cl)cc2)C1=O. The summed E-state index contributed by atoms with van der Waals surface area (Å²) in [7, 11) is -4.31. The van der Waals surface area contributed by atoms with Crippen molar-refractivity contribution in [1.29, 1.82) is 0 Å². The van der Waals surface area contributed by atoms with Gasteiger partial charge in [-0.05, 0) is 62.6 Å². The molecule has 8 nitrogen and oxygen atoms in total. The summed E-state index contributed by atoms with van der Waals surface area (Å²) in [4.78, 5) is 40.2. The zero-order chi connectivity index (χ0) is 29.9. The van der Waals surface area contributed by atoms with Crippen molar-refractivity contribution in [3.63, 3.8) is 0 Å². The minimum Gasteiger partial charge on any atom is -0.444 e. The topological polar surface area (TPSA) is 110 Å². The molecule has 3 aromatic carbocycles. The van der Waals surface area contributed by atoms with Gasteiger partial charge in [-0.1, -0.05) is 54.1 Å². The highest BCUT2D eigenvalue weighted by molar-refractivity contribution is 7.91. The molecule has 216 valence electrons. The van der Waals surface area contributed by atoms with E-state index in [0.717, 1.165) is 22.6 Å². The number of nitrogens with one attached hydrogen (secondary N) is 1. The molecule has 41 heavy (non-hydrogen) atoms. The normalized spacial score (nSPS) is 16.5. The zero-order valence-corrected chi connectivity index (χ0v) is 24.4. The van der Waals surface area contributed by atoms with Crippen molar-refractivity contribution in [2.24, 2.45) is 0 Å². The van der Waals surface area contributed by atoms with Gasteiger partial charge in [-0.25, -0.2) is 17.6 Å². The Bertz CT molecular complexity index is 1570. The molecule has 3 aromatic rings. The Balaban J connectivity index is 1.76. The third-order valence-electron chi connectivity index (χ3n) is 6.35. The Kier molecular flexibility index (Phi) is 8.84. The van der Waals surface area contributed by atoms with Crippen LogP contribution >= 0.6 is 11.6 Å². The predicted molar refractivity (Wildman–Crippen MR) is 153 cm³/mol. The van der Waals surface area contributed by atoms with Crippen LogP contribution in [0.15, 0.2) is 71.6 Å². The summed E-state index contributed by atoms with van der Waals surface area (Å²) in [5, 5.41) is 2.81. The van der Waals surface area contributed by atoms with Crippen LogP contribution in [0.5, 0.6) is 0 Å². The quantitative estimate of drug-likeness (QED) is 0.358. The van der Waals surface area contributed by atoms with Crippen LogP contribution in [0.3, 0.4) is 0 Å². The molecule has 0 bridgehead atoms. The third kappa shape index (κ3) is 7.51. The number of rotatable bonds is 7. The first-order chi connectivity index (χ1) is 19.2. The molecule has 1 atom stereocenters. The average molecular weight is 601 g/mol. The summed E-state index contributed by atoms with van der Waals surface area (Å²) in [5.41, 5.74) is 0.0885. The second kappa shape index (κ2) is 12.0. The molecular weight excluding hydrogens is 571 g/mol. The van der Waals surface area contributed by atoms with Crippen LogP contribution < -0.4 is 10.2 Å². The van der Waals surface area contributed by atoms with Crippen molar-refractivity contribution in [1.82, 2.24) is 5.32 Å². The van der Waals surface area contributed by atoms with Crippen molar-refractivity contribution < 1.29 is 31.9 Å². The number of fused-ring (bicyclic) bond motifs is 1. The van der Waals surface area contributed by atoms with Crippen LogP contribution in [-0.4, -0.2) is 43.6 Å². The Morgan fingerprint density at radius 3 is 2.34 bits per heavy atom. The lowest BCUT2D eigenvalue weighted by atomic mass is 10.0. The van der Waals surface area contributed by atoms with Gasteiger partial charge < -0.3 is 15.0 Å². The maximum Gasteiger partial charge on any atom is 0.408 e. The number of halogens is 2. The number of amides is 2. The molecule has 0 fully saturated rings. The largest absolute Gasteiger partial charge is 0.444 e. The number of aryl methyl sites for hydroxylation is 1. The van der Waals surface area contributed by atoms with E-state index in [1.165, 1.54) is 0 Å². The van der Waals surface area contributed by atoms with Gasteiger partial charge >= 0.3 is 6.09 Å². The Labute approximate surface area is 243 Å². The van der Waals surface area contributed by atoms with Crippen LogP contribution in [0.2, 0.25) is 5.02 Å². The van der Waals surface area contributed by atoms with Crippen molar-refractivity contribution in [3.8, 4) is 0 Å². The first-order valence-corrected chi connectivity index (χ1v) is 15.0. The highest BCUT2D eigenvalue weighted by atomic mass is 35.5. The number of benzene rings is 3. The van der Waals surface area contributed by atoms with Crippen molar-refractivity contribution in [2.45, 2.75) is 56.7 Å². The van der Waals surface area contributed by atoms with Crippen LogP contribution in [-0.2, 0) is 32.3 Å². The van der Waals surface area contributed by atoms with Gasteiger partial charge in [0.25, 0.3) is 5.91 Å². The summed E-state index contributed by atoms with van der Waals surface area (Å²) >= 11 is 6.01. The molecule has 1 N–H and O–H groups in total. The summed E-state index contributed by atoms with van der Waals surface area (Å²) in [6.07, 6.45) is -0.657. The molecule has 0 spiro atoms. The van der Waals surface area contributed by atoms with Gasteiger partial charge in [-0.15, -0.1) is 0 Å². The molecule has 1 aliphatic rings. The van der Waals surface area contributed by atoms with E-state index in [-0.39, 0.29) is 24.2 Å². The first kappa shape index (κ1) is 30.2.